The Labute approximate surface area is 156 Å². The molecule has 6 nitrogen and oxygen atoms in total. The normalized spacial score (nSPS) is 10.8. The van der Waals surface area contributed by atoms with Crippen molar-refractivity contribution in [1.82, 2.24) is 9.99 Å². The molecule has 0 fully saturated rings. The van der Waals surface area contributed by atoms with Crippen molar-refractivity contribution >= 4 is 23.5 Å². The van der Waals surface area contributed by atoms with E-state index in [1.807, 2.05) is 48.5 Å². The van der Waals surface area contributed by atoms with Crippen LogP contribution < -0.4 is 10.5 Å². The number of rotatable bonds is 6. The van der Waals surface area contributed by atoms with Gasteiger partial charge in [0.15, 0.2) is 5.11 Å². The zero-order valence-electron chi connectivity index (χ0n) is 14.2. The number of furan rings is 1. The molecule has 1 aromatic carbocycles. The van der Waals surface area contributed by atoms with Gasteiger partial charge in [-0.15, -0.1) is 0 Å². The first-order valence-electron chi connectivity index (χ1n) is 7.90. The number of methoxy groups -OCH3 is 1. The van der Waals surface area contributed by atoms with Crippen LogP contribution in [0.5, 0.6) is 5.75 Å². The lowest BCUT2D eigenvalue weighted by molar-refractivity contribution is 0.415. The highest BCUT2D eigenvalue weighted by atomic mass is 32.1. The Balaban J connectivity index is 1.74. The first kappa shape index (κ1) is 17.6. The number of benzene rings is 1. The molecule has 3 rings (SSSR count). The van der Waals surface area contributed by atoms with Crippen LogP contribution in [0.4, 0.5) is 0 Å². The van der Waals surface area contributed by atoms with Crippen LogP contribution in [0.3, 0.4) is 0 Å². The van der Waals surface area contributed by atoms with Crippen molar-refractivity contribution < 1.29 is 9.15 Å². The summed E-state index contributed by atoms with van der Waals surface area (Å²) in [5.74, 6) is 2.08. The fourth-order valence-electron chi connectivity index (χ4n) is 2.32. The highest BCUT2D eigenvalue weighted by Crippen LogP contribution is 2.25. The van der Waals surface area contributed by atoms with Crippen LogP contribution in [0.2, 0.25) is 0 Å². The second-order valence-corrected chi connectivity index (χ2v) is 5.85. The quantitative estimate of drug-likeness (QED) is 0.409. The molecule has 0 saturated heterocycles. The number of nitrogens with two attached hydrogens (primary N) is 1. The van der Waals surface area contributed by atoms with Gasteiger partial charge in [-0.2, -0.15) is 5.10 Å². The fourth-order valence-corrected chi connectivity index (χ4v) is 2.43. The van der Waals surface area contributed by atoms with Gasteiger partial charge in [0, 0.05) is 18.0 Å². The molecule has 0 bridgehead atoms. The topological polar surface area (TPSA) is 76.9 Å². The summed E-state index contributed by atoms with van der Waals surface area (Å²) in [5, 5.41) is 6.01. The summed E-state index contributed by atoms with van der Waals surface area (Å²) in [6, 6.07) is 15.1. The van der Waals surface area contributed by atoms with Crippen LogP contribution >= 0.6 is 12.2 Å². The second kappa shape index (κ2) is 8.26. The number of hydrogen-bond acceptors (Lipinski definition) is 5. The van der Waals surface area contributed by atoms with Gasteiger partial charge in [-0.05, 0) is 48.1 Å². The standard InChI is InChI=1S/C19H18N4O2S/c1-24-16-6-2-5-15(10-16)18-8-7-17(25-18)12-22-23(19(20)26)13-14-4-3-9-21-11-14/h2-12H,13H2,1H3,(H2,20,26). The molecule has 2 aromatic heterocycles. The molecule has 0 amide bonds. The van der Waals surface area contributed by atoms with E-state index in [9.17, 15) is 0 Å². The van der Waals surface area contributed by atoms with E-state index in [1.54, 1.807) is 25.7 Å². The first-order chi connectivity index (χ1) is 12.7. The largest absolute Gasteiger partial charge is 0.497 e. The van der Waals surface area contributed by atoms with Gasteiger partial charge in [0.05, 0.1) is 19.9 Å². The molecule has 3 aromatic rings. The Kier molecular flexibility index (Phi) is 5.60. The van der Waals surface area contributed by atoms with Crippen molar-refractivity contribution in [2.24, 2.45) is 10.8 Å². The van der Waals surface area contributed by atoms with Crippen molar-refractivity contribution in [1.29, 1.82) is 0 Å². The van der Waals surface area contributed by atoms with Gasteiger partial charge >= 0.3 is 0 Å². The Morgan fingerprint density at radius 3 is 2.92 bits per heavy atom. The number of nitrogens with zero attached hydrogens (tertiary/aromatic N) is 3. The molecule has 2 N–H and O–H groups in total. The molecular formula is C19H18N4O2S. The first-order valence-corrected chi connectivity index (χ1v) is 8.30. The SMILES string of the molecule is COc1cccc(-c2ccc(C=NN(Cc3cccnc3)C(N)=S)o2)c1. The van der Waals surface area contributed by atoms with Gasteiger partial charge in [-0.3, -0.25) is 4.98 Å². The number of hydrogen-bond donors (Lipinski definition) is 1. The molecule has 132 valence electrons. The van der Waals surface area contributed by atoms with E-state index in [1.165, 1.54) is 5.01 Å². The molecule has 0 unspecified atom stereocenters. The summed E-state index contributed by atoms with van der Waals surface area (Å²) < 4.78 is 11.1. The van der Waals surface area contributed by atoms with Gasteiger partial charge in [-0.25, -0.2) is 5.01 Å². The summed E-state index contributed by atoms with van der Waals surface area (Å²) in [6.07, 6.45) is 5.04. The summed E-state index contributed by atoms with van der Waals surface area (Å²) in [5.41, 5.74) is 7.63. The Morgan fingerprint density at radius 1 is 1.31 bits per heavy atom. The summed E-state index contributed by atoms with van der Waals surface area (Å²) >= 11 is 5.07. The predicted octanol–water partition coefficient (Wildman–Crippen LogP) is 3.43. The monoisotopic (exact) mass is 366 g/mol. The molecule has 0 spiro atoms. The van der Waals surface area contributed by atoms with Crippen molar-refractivity contribution in [3.8, 4) is 17.1 Å². The maximum absolute atomic E-state index is 5.82. The van der Waals surface area contributed by atoms with Crippen LogP contribution in [0.1, 0.15) is 11.3 Å². The lowest BCUT2D eigenvalue weighted by Crippen LogP contribution is -2.30. The Morgan fingerprint density at radius 2 is 2.19 bits per heavy atom. The van der Waals surface area contributed by atoms with E-state index in [-0.39, 0.29) is 5.11 Å². The number of aromatic nitrogens is 1. The molecule has 0 saturated carbocycles. The zero-order valence-corrected chi connectivity index (χ0v) is 15.0. The van der Waals surface area contributed by atoms with Crippen molar-refractivity contribution in [3.05, 3.63) is 72.2 Å². The van der Waals surface area contributed by atoms with E-state index in [2.05, 4.69) is 10.1 Å². The van der Waals surface area contributed by atoms with E-state index in [0.29, 0.717) is 12.3 Å². The molecule has 26 heavy (non-hydrogen) atoms. The Hall–Kier alpha value is -3.19. The minimum absolute atomic E-state index is 0.171. The molecule has 0 aliphatic heterocycles. The van der Waals surface area contributed by atoms with Crippen molar-refractivity contribution in [3.63, 3.8) is 0 Å². The lowest BCUT2D eigenvalue weighted by atomic mass is 10.2. The van der Waals surface area contributed by atoms with E-state index >= 15 is 0 Å². The smallest absolute Gasteiger partial charge is 0.187 e. The maximum Gasteiger partial charge on any atom is 0.187 e. The van der Waals surface area contributed by atoms with Gasteiger partial charge in [0.1, 0.15) is 17.3 Å². The van der Waals surface area contributed by atoms with Crippen molar-refractivity contribution in [2.75, 3.05) is 7.11 Å². The minimum Gasteiger partial charge on any atom is -0.497 e. The predicted molar refractivity (Wildman–Crippen MR) is 105 cm³/mol. The molecule has 2 heterocycles. The molecule has 0 radical (unpaired) electrons. The molecule has 0 atom stereocenters. The molecule has 0 aliphatic rings. The van der Waals surface area contributed by atoms with Crippen molar-refractivity contribution in [2.45, 2.75) is 6.54 Å². The lowest BCUT2D eigenvalue weighted by Gasteiger charge is -2.16. The highest BCUT2D eigenvalue weighted by molar-refractivity contribution is 7.80. The molecule has 7 heteroatoms. The van der Waals surface area contributed by atoms with Gasteiger partial charge in [0.25, 0.3) is 0 Å². The van der Waals surface area contributed by atoms with Gasteiger partial charge < -0.3 is 14.9 Å². The summed E-state index contributed by atoms with van der Waals surface area (Å²) in [7, 11) is 1.63. The molecule has 0 aliphatic carbocycles. The maximum atomic E-state index is 5.82. The number of thiocarbonyl (C=S) groups is 1. The van der Waals surface area contributed by atoms with Gasteiger partial charge in [-0.1, -0.05) is 18.2 Å². The summed E-state index contributed by atoms with van der Waals surface area (Å²) in [4.78, 5) is 4.07. The van der Waals surface area contributed by atoms with Crippen LogP contribution in [0.25, 0.3) is 11.3 Å². The highest BCUT2D eigenvalue weighted by Gasteiger charge is 2.08. The van der Waals surface area contributed by atoms with Crippen LogP contribution in [0, 0.1) is 0 Å². The van der Waals surface area contributed by atoms with E-state index < -0.39 is 0 Å². The third kappa shape index (κ3) is 4.46. The zero-order chi connectivity index (χ0) is 18.4. The number of ether oxygens (including phenoxy) is 1. The Bertz CT molecular complexity index is 909. The van der Waals surface area contributed by atoms with E-state index in [0.717, 1.165) is 22.6 Å². The average Bonchev–Trinajstić information content (AvgIpc) is 3.15. The van der Waals surface area contributed by atoms with E-state index in [4.69, 9.17) is 27.1 Å². The number of pyridine rings is 1. The minimum atomic E-state index is 0.171. The molecular weight excluding hydrogens is 348 g/mol. The average molecular weight is 366 g/mol. The fraction of sp³-hybridized carbons (Fsp3) is 0.105. The van der Waals surface area contributed by atoms with Crippen LogP contribution in [-0.4, -0.2) is 28.4 Å². The van der Waals surface area contributed by atoms with Crippen LogP contribution in [0.15, 0.2) is 70.4 Å². The van der Waals surface area contributed by atoms with Gasteiger partial charge in [0.2, 0.25) is 0 Å². The second-order valence-electron chi connectivity index (χ2n) is 5.44. The number of hydrazone groups is 1. The van der Waals surface area contributed by atoms with Crippen LogP contribution in [-0.2, 0) is 6.54 Å². The summed E-state index contributed by atoms with van der Waals surface area (Å²) in [6.45, 7) is 0.434. The third-order valence-electron chi connectivity index (χ3n) is 3.61. The third-order valence-corrected chi connectivity index (χ3v) is 3.83.